The van der Waals surface area contributed by atoms with Gasteiger partial charge in [0.1, 0.15) is 4.32 Å². The highest BCUT2D eigenvalue weighted by molar-refractivity contribution is 8.25. The van der Waals surface area contributed by atoms with Crippen LogP contribution in [0.5, 0.6) is 0 Å². The maximum absolute atomic E-state index is 5.21. The number of rotatable bonds is 1. The maximum Gasteiger partial charge on any atom is 0.140 e. The summed E-state index contributed by atoms with van der Waals surface area (Å²) in [5.74, 6) is 0. The van der Waals surface area contributed by atoms with E-state index in [1.165, 1.54) is 30.6 Å². The Hall–Kier alpha value is -0.0200. The van der Waals surface area contributed by atoms with Crippen LogP contribution in [0.25, 0.3) is 0 Å². The smallest absolute Gasteiger partial charge is 0.140 e. The van der Waals surface area contributed by atoms with E-state index in [9.17, 15) is 0 Å². The van der Waals surface area contributed by atoms with Crippen LogP contribution in [0.1, 0.15) is 25.7 Å². The van der Waals surface area contributed by atoms with Gasteiger partial charge in [0, 0.05) is 14.1 Å². The zero-order valence-electron chi connectivity index (χ0n) is 7.67. The van der Waals surface area contributed by atoms with Crippen LogP contribution in [0, 0.1) is 0 Å². The molecule has 0 aliphatic heterocycles. The monoisotopic (exact) mass is 201 g/mol. The molecule has 0 N–H and O–H groups in total. The molecule has 0 fully saturated rings. The lowest BCUT2D eigenvalue weighted by Crippen LogP contribution is -2.16. The second kappa shape index (κ2) is 4.87. The van der Waals surface area contributed by atoms with E-state index in [2.05, 4.69) is 6.08 Å². The molecule has 0 heterocycles. The number of thiocarbonyl (C=S) groups is 1. The van der Waals surface area contributed by atoms with Crippen molar-refractivity contribution in [3.63, 3.8) is 0 Å². The van der Waals surface area contributed by atoms with Gasteiger partial charge in [0.05, 0.1) is 0 Å². The first-order chi connectivity index (χ1) is 5.70. The minimum absolute atomic E-state index is 0.975. The molecule has 0 aromatic carbocycles. The predicted octanol–water partition coefficient (Wildman–Crippen LogP) is 3.02. The van der Waals surface area contributed by atoms with Crippen molar-refractivity contribution in [3.8, 4) is 0 Å². The topological polar surface area (TPSA) is 3.24 Å². The molecule has 1 aliphatic rings. The maximum atomic E-state index is 5.21. The third-order valence-corrected chi connectivity index (χ3v) is 3.62. The summed E-state index contributed by atoms with van der Waals surface area (Å²) in [5.41, 5.74) is 0. The molecule has 1 aliphatic carbocycles. The van der Waals surface area contributed by atoms with E-state index in [1.807, 2.05) is 19.0 Å². The van der Waals surface area contributed by atoms with Gasteiger partial charge in [-0.25, -0.2) is 0 Å². The zero-order valence-corrected chi connectivity index (χ0v) is 9.30. The standard InChI is InChI=1S/C9H15NS2/c1-10(2)9(11)12-8-6-4-3-5-7-8/h6H,3-5,7H2,1-2H3. The van der Waals surface area contributed by atoms with Crippen LogP contribution in [0.15, 0.2) is 11.0 Å². The van der Waals surface area contributed by atoms with E-state index < -0.39 is 0 Å². The summed E-state index contributed by atoms with van der Waals surface area (Å²) in [4.78, 5) is 3.45. The molecule has 0 bridgehead atoms. The molecule has 0 saturated carbocycles. The molecule has 0 spiro atoms. The van der Waals surface area contributed by atoms with Crippen LogP contribution in [-0.2, 0) is 0 Å². The van der Waals surface area contributed by atoms with Crippen molar-refractivity contribution < 1.29 is 0 Å². The Labute approximate surface area is 84.2 Å². The lowest BCUT2D eigenvalue weighted by atomic mass is 10.1. The third-order valence-electron chi connectivity index (χ3n) is 1.83. The molecular formula is C9H15NS2. The Morgan fingerprint density at radius 2 is 2.25 bits per heavy atom. The molecule has 0 saturated heterocycles. The first-order valence-electron chi connectivity index (χ1n) is 4.28. The summed E-state index contributed by atoms with van der Waals surface area (Å²) in [6, 6.07) is 0. The molecule has 1 rings (SSSR count). The molecule has 0 aromatic rings. The van der Waals surface area contributed by atoms with Gasteiger partial charge in [0.25, 0.3) is 0 Å². The second-order valence-electron chi connectivity index (χ2n) is 3.18. The van der Waals surface area contributed by atoms with E-state index >= 15 is 0 Å². The lowest BCUT2D eigenvalue weighted by molar-refractivity contribution is 0.647. The number of nitrogens with zero attached hydrogens (tertiary/aromatic N) is 1. The van der Waals surface area contributed by atoms with Gasteiger partial charge in [0.15, 0.2) is 0 Å². The number of hydrogen-bond donors (Lipinski definition) is 0. The van der Waals surface area contributed by atoms with E-state index in [4.69, 9.17) is 12.2 Å². The van der Waals surface area contributed by atoms with E-state index in [0.717, 1.165) is 4.32 Å². The van der Waals surface area contributed by atoms with Crippen LogP contribution >= 0.6 is 24.0 Å². The molecule has 0 amide bonds. The molecule has 68 valence electrons. The van der Waals surface area contributed by atoms with Gasteiger partial charge in [-0.2, -0.15) is 0 Å². The summed E-state index contributed by atoms with van der Waals surface area (Å²) in [7, 11) is 4.00. The Kier molecular flexibility index (Phi) is 4.09. The van der Waals surface area contributed by atoms with Gasteiger partial charge in [-0.3, -0.25) is 0 Å². The third kappa shape index (κ3) is 3.15. The number of allylic oxidation sites excluding steroid dienone is 2. The van der Waals surface area contributed by atoms with E-state index in [-0.39, 0.29) is 0 Å². The Morgan fingerprint density at radius 1 is 1.50 bits per heavy atom. The molecule has 12 heavy (non-hydrogen) atoms. The molecule has 1 nitrogen and oxygen atoms in total. The SMILES string of the molecule is CN(C)C(=S)SC1=CCCCC1. The largest absolute Gasteiger partial charge is 0.363 e. The van der Waals surface area contributed by atoms with Crippen LogP contribution in [0.3, 0.4) is 0 Å². The lowest BCUT2D eigenvalue weighted by Gasteiger charge is -2.16. The van der Waals surface area contributed by atoms with Gasteiger partial charge in [-0.1, -0.05) is 30.1 Å². The summed E-state index contributed by atoms with van der Waals surface area (Å²) in [5, 5.41) is 0. The number of hydrogen-bond acceptors (Lipinski definition) is 2. The van der Waals surface area contributed by atoms with Crippen molar-refractivity contribution in [1.82, 2.24) is 4.90 Å². The minimum Gasteiger partial charge on any atom is -0.363 e. The molecule has 3 heteroatoms. The molecule has 0 aromatic heterocycles. The van der Waals surface area contributed by atoms with Crippen LogP contribution in [-0.4, -0.2) is 23.3 Å². The highest BCUT2D eigenvalue weighted by Gasteiger charge is 2.07. The average Bonchev–Trinajstić information content (AvgIpc) is 2.06. The first-order valence-corrected chi connectivity index (χ1v) is 5.51. The van der Waals surface area contributed by atoms with Crippen molar-refractivity contribution in [2.75, 3.05) is 14.1 Å². The second-order valence-corrected chi connectivity index (χ2v) is 4.94. The fourth-order valence-electron chi connectivity index (χ4n) is 1.10. The fraction of sp³-hybridized carbons (Fsp3) is 0.667. The van der Waals surface area contributed by atoms with E-state index in [1.54, 1.807) is 11.8 Å². The molecule has 0 radical (unpaired) electrons. The molecule has 0 unspecified atom stereocenters. The summed E-state index contributed by atoms with van der Waals surface area (Å²) < 4.78 is 0.975. The highest BCUT2D eigenvalue weighted by atomic mass is 32.2. The minimum atomic E-state index is 0.975. The fourth-order valence-corrected chi connectivity index (χ4v) is 2.28. The van der Waals surface area contributed by atoms with E-state index in [0.29, 0.717) is 0 Å². The van der Waals surface area contributed by atoms with Crippen molar-refractivity contribution in [2.24, 2.45) is 0 Å². The Morgan fingerprint density at radius 3 is 2.75 bits per heavy atom. The quantitative estimate of drug-likeness (QED) is 0.600. The zero-order chi connectivity index (χ0) is 8.97. The summed E-state index contributed by atoms with van der Waals surface area (Å²) in [6.45, 7) is 0. The van der Waals surface area contributed by atoms with Gasteiger partial charge in [-0.05, 0) is 30.6 Å². The van der Waals surface area contributed by atoms with Gasteiger partial charge in [-0.15, -0.1) is 0 Å². The van der Waals surface area contributed by atoms with Gasteiger partial charge in [0.2, 0.25) is 0 Å². The van der Waals surface area contributed by atoms with Crippen LogP contribution in [0.4, 0.5) is 0 Å². The van der Waals surface area contributed by atoms with Gasteiger partial charge < -0.3 is 4.90 Å². The predicted molar refractivity (Wildman–Crippen MR) is 60.4 cm³/mol. The summed E-state index contributed by atoms with van der Waals surface area (Å²) in [6.07, 6.45) is 7.45. The van der Waals surface area contributed by atoms with Crippen molar-refractivity contribution in [3.05, 3.63) is 11.0 Å². The first kappa shape index (κ1) is 10.1. The van der Waals surface area contributed by atoms with Crippen molar-refractivity contribution >= 4 is 28.3 Å². The normalized spacial score (nSPS) is 17.0. The molecular weight excluding hydrogens is 186 g/mol. The number of thioether (sulfide) groups is 1. The highest BCUT2D eigenvalue weighted by Crippen LogP contribution is 2.28. The van der Waals surface area contributed by atoms with Crippen LogP contribution < -0.4 is 0 Å². The average molecular weight is 201 g/mol. The van der Waals surface area contributed by atoms with Crippen LogP contribution in [0.2, 0.25) is 0 Å². The molecule has 0 atom stereocenters. The van der Waals surface area contributed by atoms with Crippen molar-refractivity contribution in [2.45, 2.75) is 25.7 Å². The Bertz CT molecular complexity index is 197. The summed E-state index contributed by atoms with van der Waals surface area (Å²) >= 11 is 6.95. The Balaban J connectivity index is 2.39. The van der Waals surface area contributed by atoms with Crippen molar-refractivity contribution in [1.29, 1.82) is 0 Å². The van der Waals surface area contributed by atoms with Gasteiger partial charge >= 0.3 is 0 Å².